The Hall–Kier alpha value is -2.43. The fourth-order valence-corrected chi connectivity index (χ4v) is 4.12. The van der Waals surface area contributed by atoms with Gasteiger partial charge in [0.05, 0.1) is 17.0 Å². The van der Waals surface area contributed by atoms with Crippen molar-refractivity contribution in [3.8, 4) is 11.8 Å². The van der Waals surface area contributed by atoms with Gasteiger partial charge in [0.1, 0.15) is 23.7 Å². The molecule has 0 spiro atoms. The number of hydrogen-bond acceptors (Lipinski definition) is 4. The first-order valence-corrected chi connectivity index (χ1v) is 8.86. The zero-order valence-electron chi connectivity index (χ0n) is 12.7. The van der Waals surface area contributed by atoms with Gasteiger partial charge in [-0.3, -0.25) is 0 Å². The summed E-state index contributed by atoms with van der Waals surface area (Å²) in [5.41, 5.74) is -0.285. The number of nitriles is 1. The van der Waals surface area contributed by atoms with Gasteiger partial charge in [-0.2, -0.15) is 9.57 Å². The molecule has 124 valence electrons. The molecule has 0 amide bonds. The summed E-state index contributed by atoms with van der Waals surface area (Å²) in [6.45, 7) is 0.537. The van der Waals surface area contributed by atoms with Crippen molar-refractivity contribution in [3.63, 3.8) is 0 Å². The fraction of sp³-hybridized carbons (Fsp3) is 0.235. The Morgan fingerprint density at radius 3 is 2.67 bits per heavy atom. The Labute approximate surface area is 139 Å². The summed E-state index contributed by atoms with van der Waals surface area (Å²) >= 11 is 0. The second-order valence-electron chi connectivity index (χ2n) is 5.46. The molecular weight excluding hydrogens is 331 g/mol. The summed E-state index contributed by atoms with van der Waals surface area (Å²) in [5, 5.41) is 8.86. The number of benzene rings is 2. The molecule has 7 heteroatoms. The molecule has 24 heavy (non-hydrogen) atoms. The predicted molar refractivity (Wildman–Crippen MR) is 85.3 cm³/mol. The second kappa shape index (κ2) is 6.59. The molecule has 1 heterocycles. The molecule has 0 saturated carbocycles. The summed E-state index contributed by atoms with van der Waals surface area (Å²) in [6, 6.07) is 14.1. The number of sulfonamides is 1. The maximum Gasteiger partial charge on any atom is 0.243 e. The van der Waals surface area contributed by atoms with Crippen LogP contribution in [0.25, 0.3) is 0 Å². The first kappa shape index (κ1) is 16.4. The molecule has 5 nitrogen and oxygen atoms in total. The van der Waals surface area contributed by atoms with Gasteiger partial charge in [0.2, 0.25) is 10.0 Å². The van der Waals surface area contributed by atoms with Gasteiger partial charge in [-0.05, 0) is 36.8 Å². The van der Waals surface area contributed by atoms with Gasteiger partial charge in [0.15, 0.2) is 0 Å². The lowest BCUT2D eigenvalue weighted by Crippen LogP contribution is -2.31. The van der Waals surface area contributed by atoms with Crippen molar-refractivity contribution in [3.05, 3.63) is 59.9 Å². The SMILES string of the molecule is N#Cc1cc(S(=O)(=O)N2CC[C@@H](Oc3ccccc3)C2)ccc1F. The van der Waals surface area contributed by atoms with Gasteiger partial charge >= 0.3 is 0 Å². The molecular formula is C17H15FN2O3S. The number of halogens is 1. The molecule has 3 rings (SSSR count). The highest BCUT2D eigenvalue weighted by Crippen LogP contribution is 2.25. The highest BCUT2D eigenvalue weighted by molar-refractivity contribution is 7.89. The predicted octanol–water partition coefficient (Wildman–Crippen LogP) is 2.54. The van der Waals surface area contributed by atoms with Gasteiger partial charge in [0, 0.05) is 6.54 Å². The highest BCUT2D eigenvalue weighted by atomic mass is 32.2. The van der Waals surface area contributed by atoms with Crippen LogP contribution >= 0.6 is 0 Å². The minimum absolute atomic E-state index is 0.0826. The molecule has 1 aliphatic heterocycles. The molecule has 2 aromatic rings. The molecule has 1 saturated heterocycles. The van der Waals surface area contributed by atoms with E-state index >= 15 is 0 Å². The van der Waals surface area contributed by atoms with Crippen LogP contribution in [0.5, 0.6) is 5.75 Å². The molecule has 0 aromatic heterocycles. The molecule has 0 unspecified atom stereocenters. The van der Waals surface area contributed by atoms with Crippen LogP contribution in [0.3, 0.4) is 0 Å². The van der Waals surface area contributed by atoms with Crippen molar-refractivity contribution in [2.45, 2.75) is 17.4 Å². The van der Waals surface area contributed by atoms with Crippen LogP contribution in [0.4, 0.5) is 4.39 Å². The molecule has 1 atom stereocenters. The van der Waals surface area contributed by atoms with E-state index in [0.717, 1.165) is 12.1 Å². The maximum atomic E-state index is 13.4. The zero-order chi connectivity index (χ0) is 17.2. The van der Waals surface area contributed by atoms with Crippen LogP contribution in [-0.4, -0.2) is 31.9 Å². The lowest BCUT2D eigenvalue weighted by Gasteiger charge is -2.17. The Kier molecular flexibility index (Phi) is 4.51. The van der Waals surface area contributed by atoms with Gasteiger partial charge in [-0.25, -0.2) is 12.8 Å². The number of rotatable bonds is 4. The summed E-state index contributed by atoms with van der Waals surface area (Å²) in [7, 11) is -3.78. The Bertz CT molecular complexity index is 878. The lowest BCUT2D eigenvalue weighted by atomic mass is 10.2. The van der Waals surface area contributed by atoms with E-state index in [-0.39, 0.29) is 23.1 Å². The van der Waals surface area contributed by atoms with Crippen LogP contribution < -0.4 is 4.74 Å². The Morgan fingerprint density at radius 2 is 1.96 bits per heavy atom. The minimum Gasteiger partial charge on any atom is -0.489 e. The fourth-order valence-electron chi connectivity index (χ4n) is 2.60. The number of para-hydroxylation sites is 1. The summed E-state index contributed by atoms with van der Waals surface area (Å²) in [6.07, 6.45) is 0.332. The van der Waals surface area contributed by atoms with Gasteiger partial charge in [-0.15, -0.1) is 0 Å². The molecule has 1 aliphatic rings. The number of hydrogen-bond donors (Lipinski definition) is 0. The van der Waals surface area contributed by atoms with E-state index in [0.29, 0.717) is 18.7 Å². The van der Waals surface area contributed by atoms with E-state index in [9.17, 15) is 12.8 Å². The zero-order valence-corrected chi connectivity index (χ0v) is 13.5. The van der Waals surface area contributed by atoms with E-state index in [1.54, 1.807) is 6.07 Å². The quantitative estimate of drug-likeness (QED) is 0.853. The van der Waals surface area contributed by atoms with E-state index in [1.165, 1.54) is 10.4 Å². The van der Waals surface area contributed by atoms with Crippen molar-refractivity contribution >= 4 is 10.0 Å². The standard InChI is InChI=1S/C17H15FN2O3S/c18-17-7-6-16(10-13(17)11-19)24(21,22)20-9-8-15(12-20)23-14-4-2-1-3-5-14/h1-7,10,15H,8-9,12H2/t15-/m1/s1. The number of ether oxygens (including phenoxy) is 1. The van der Waals surface area contributed by atoms with Gasteiger partial charge < -0.3 is 4.74 Å². The molecule has 0 radical (unpaired) electrons. The molecule has 0 bridgehead atoms. The maximum absolute atomic E-state index is 13.4. The van der Waals surface area contributed by atoms with Crippen LogP contribution in [0, 0.1) is 17.1 Å². The Balaban J connectivity index is 1.76. The summed E-state index contributed by atoms with van der Waals surface area (Å²) in [5.74, 6) is -0.0431. The minimum atomic E-state index is -3.78. The Morgan fingerprint density at radius 1 is 1.21 bits per heavy atom. The van der Waals surface area contributed by atoms with Crippen LogP contribution in [0.15, 0.2) is 53.4 Å². The van der Waals surface area contributed by atoms with E-state index < -0.39 is 15.8 Å². The normalized spacial score (nSPS) is 18.2. The van der Waals surface area contributed by atoms with Crippen molar-refractivity contribution in [2.24, 2.45) is 0 Å². The lowest BCUT2D eigenvalue weighted by molar-refractivity contribution is 0.215. The van der Waals surface area contributed by atoms with Crippen LogP contribution in [-0.2, 0) is 10.0 Å². The van der Waals surface area contributed by atoms with Crippen molar-refractivity contribution < 1.29 is 17.5 Å². The molecule has 0 N–H and O–H groups in total. The summed E-state index contributed by atoms with van der Waals surface area (Å²) < 4.78 is 45.8. The van der Waals surface area contributed by atoms with Crippen molar-refractivity contribution in [1.29, 1.82) is 5.26 Å². The van der Waals surface area contributed by atoms with Crippen molar-refractivity contribution in [2.75, 3.05) is 13.1 Å². The first-order chi connectivity index (χ1) is 11.5. The third-order valence-corrected chi connectivity index (χ3v) is 5.71. The van der Waals surface area contributed by atoms with E-state index in [4.69, 9.17) is 10.00 Å². The highest BCUT2D eigenvalue weighted by Gasteiger charge is 2.34. The molecule has 0 aliphatic carbocycles. The molecule has 2 aromatic carbocycles. The molecule has 1 fully saturated rings. The van der Waals surface area contributed by atoms with E-state index in [1.807, 2.05) is 30.3 Å². The van der Waals surface area contributed by atoms with Crippen LogP contribution in [0.2, 0.25) is 0 Å². The second-order valence-corrected chi connectivity index (χ2v) is 7.40. The monoisotopic (exact) mass is 346 g/mol. The smallest absolute Gasteiger partial charge is 0.243 e. The van der Waals surface area contributed by atoms with Crippen molar-refractivity contribution in [1.82, 2.24) is 4.31 Å². The average molecular weight is 346 g/mol. The first-order valence-electron chi connectivity index (χ1n) is 7.42. The van der Waals surface area contributed by atoms with Gasteiger partial charge in [0.25, 0.3) is 0 Å². The third-order valence-electron chi connectivity index (χ3n) is 3.85. The summed E-state index contributed by atoms with van der Waals surface area (Å²) in [4.78, 5) is -0.0826. The average Bonchev–Trinajstić information content (AvgIpc) is 3.05. The van der Waals surface area contributed by atoms with Gasteiger partial charge in [-0.1, -0.05) is 18.2 Å². The third kappa shape index (κ3) is 3.25. The van der Waals surface area contributed by atoms with E-state index in [2.05, 4.69) is 0 Å². The topological polar surface area (TPSA) is 70.4 Å². The largest absolute Gasteiger partial charge is 0.489 e. The van der Waals surface area contributed by atoms with Crippen LogP contribution in [0.1, 0.15) is 12.0 Å². The number of nitrogens with zero attached hydrogens (tertiary/aromatic N) is 2.